The zero-order valence-corrected chi connectivity index (χ0v) is 10.5. The number of carbonyl (C=O) groups excluding carboxylic acids is 1. The van der Waals surface area contributed by atoms with Gasteiger partial charge in [-0.3, -0.25) is 14.5 Å². The van der Waals surface area contributed by atoms with Gasteiger partial charge in [-0.15, -0.1) is 0 Å². The van der Waals surface area contributed by atoms with Crippen LogP contribution in [0.15, 0.2) is 24.8 Å². The normalized spacial score (nSPS) is 10.7. The highest BCUT2D eigenvalue weighted by Crippen LogP contribution is 2.23. The first-order chi connectivity index (χ1) is 8.65. The molecule has 0 unspecified atom stereocenters. The van der Waals surface area contributed by atoms with Crippen molar-refractivity contribution < 1.29 is 9.53 Å². The molecule has 0 radical (unpaired) electrons. The number of methoxy groups -OCH3 is 1. The molecule has 0 aliphatic heterocycles. The largest absolute Gasteiger partial charge is 0.493 e. The predicted molar refractivity (Wildman–Crippen MR) is 64.6 cm³/mol. The van der Waals surface area contributed by atoms with E-state index in [1.165, 1.54) is 31.9 Å². The van der Waals surface area contributed by atoms with Crippen molar-refractivity contribution in [1.29, 1.82) is 0 Å². The lowest BCUT2D eigenvalue weighted by Gasteiger charge is -2.10. The van der Waals surface area contributed by atoms with Crippen LogP contribution in [-0.4, -0.2) is 32.6 Å². The molecule has 6 nitrogen and oxygen atoms in total. The van der Waals surface area contributed by atoms with Crippen LogP contribution in [0.5, 0.6) is 5.75 Å². The van der Waals surface area contributed by atoms with E-state index in [2.05, 4.69) is 15.1 Å². The first kappa shape index (κ1) is 12.2. The van der Waals surface area contributed by atoms with Crippen LogP contribution in [0.2, 0.25) is 0 Å². The van der Waals surface area contributed by atoms with Gasteiger partial charge in [0.2, 0.25) is 5.78 Å². The van der Waals surface area contributed by atoms with Gasteiger partial charge < -0.3 is 4.74 Å². The number of nitrogens with zero attached hydrogens (tertiary/aromatic N) is 4. The van der Waals surface area contributed by atoms with E-state index in [4.69, 9.17) is 4.74 Å². The lowest BCUT2D eigenvalue weighted by molar-refractivity contribution is 0.101. The van der Waals surface area contributed by atoms with Gasteiger partial charge in [-0.2, -0.15) is 5.10 Å². The summed E-state index contributed by atoms with van der Waals surface area (Å²) in [7, 11) is 1.51. The molecule has 0 saturated heterocycles. The Morgan fingerprint density at radius 3 is 2.67 bits per heavy atom. The van der Waals surface area contributed by atoms with Crippen molar-refractivity contribution in [2.75, 3.05) is 7.11 Å². The number of rotatable bonds is 4. The molecule has 18 heavy (non-hydrogen) atoms. The molecular weight excluding hydrogens is 232 g/mol. The van der Waals surface area contributed by atoms with Crippen molar-refractivity contribution in [3.05, 3.63) is 36.2 Å². The smallest absolute Gasteiger partial charge is 0.234 e. The molecule has 2 rings (SSSR count). The minimum atomic E-state index is -0.244. The molecule has 0 aromatic carbocycles. The molecular formula is C12H14N4O2. The first-order valence-electron chi connectivity index (χ1n) is 5.57. The van der Waals surface area contributed by atoms with Gasteiger partial charge in [-0.25, -0.2) is 4.98 Å². The number of ketones is 1. The average Bonchev–Trinajstić information content (AvgIpc) is 2.82. The van der Waals surface area contributed by atoms with Gasteiger partial charge in [-0.05, 0) is 13.8 Å². The van der Waals surface area contributed by atoms with E-state index in [0.717, 1.165) is 0 Å². The van der Waals surface area contributed by atoms with E-state index >= 15 is 0 Å². The van der Waals surface area contributed by atoms with E-state index < -0.39 is 0 Å². The van der Waals surface area contributed by atoms with Crippen LogP contribution in [0.1, 0.15) is 36.1 Å². The van der Waals surface area contributed by atoms with Crippen LogP contribution >= 0.6 is 0 Å². The predicted octanol–water partition coefficient (Wildman–Crippen LogP) is 1.49. The fraction of sp³-hybridized carbons (Fsp3) is 0.333. The van der Waals surface area contributed by atoms with Crippen LogP contribution in [0.25, 0.3) is 0 Å². The summed E-state index contributed by atoms with van der Waals surface area (Å²) in [5, 5.41) is 4.16. The maximum Gasteiger partial charge on any atom is 0.234 e. The fourth-order valence-electron chi connectivity index (χ4n) is 1.64. The molecule has 0 aliphatic carbocycles. The lowest BCUT2D eigenvalue weighted by atomic mass is 10.2. The molecule has 0 bridgehead atoms. The summed E-state index contributed by atoms with van der Waals surface area (Å²) in [6.45, 7) is 3.89. The summed E-state index contributed by atoms with van der Waals surface area (Å²) in [6, 6.07) is 0.0597. The van der Waals surface area contributed by atoms with Crippen molar-refractivity contribution >= 4 is 5.78 Å². The molecule has 0 spiro atoms. The van der Waals surface area contributed by atoms with Gasteiger partial charge in [0, 0.05) is 18.4 Å². The second kappa shape index (κ2) is 4.95. The fourth-order valence-corrected chi connectivity index (χ4v) is 1.64. The third-order valence-electron chi connectivity index (χ3n) is 2.48. The highest BCUT2D eigenvalue weighted by molar-refractivity contribution is 6.08. The number of aromatic nitrogens is 4. The Morgan fingerprint density at radius 2 is 2.11 bits per heavy atom. The Hall–Kier alpha value is -2.24. The van der Waals surface area contributed by atoms with Crippen molar-refractivity contribution in [2.45, 2.75) is 19.9 Å². The highest BCUT2D eigenvalue weighted by atomic mass is 16.5. The maximum absolute atomic E-state index is 12.4. The Morgan fingerprint density at radius 1 is 1.33 bits per heavy atom. The van der Waals surface area contributed by atoms with Crippen LogP contribution in [0.4, 0.5) is 0 Å². The molecule has 2 aromatic rings. The SMILES string of the molecule is COc1cnn(C(C)C)c1C(=O)c1cnccn1. The Labute approximate surface area is 105 Å². The van der Waals surface area contributed by atoms with Gasteiger partial charge in [0.1, 0.15) is 5.69 Å². The van der Waals surface area contributed by atoms with Crippen LogP contribution in [0, 0.1) is 0 Å². The monoisotopic (exact) mass is 246 g/mol. The summed E-state index contributed by atoms with van der Waals surface area (Å²) in [5.41, 5.74) is 0.672. The highest BCUT2D eigenvalue weighted by Gasteiger charge is 2.23. The molecule has 2 heterocycles. The first-order valence-corrected chi connectivity index (χ1v) is 5.57. The summed E-state index contributed by atoms with van der Waals surface area (Å²) < 4.78 is 6.79. The number of ether oxygens (including phenoxy) is 1. The molecule has 6 heteroatoms. The molecule has 0 amide bonds. The van der Waals surface area contributed by atoms with E-state index in [1.54, 1.807) is 4.68 Å². The number of carbonyl (C=O) groups is 1. The quantitative estimate of drug-likeness (QED) is 0.764. The van der Waals surface area contributed by atoms with Crippen LogP contribution in [0.3, 0.4) is 0 Å². The summed E-state index contributed by atoms with van der Waals surface area (Å²) in [4.78, 5) is 20.3. The van der Waals surface area contributed by atoms with Gasteiger partial charge >= 0.3 is 0 Å². The number of hydrogen-bond acceptors (Lipinski definition) is 5. The molecule has 0 saturated carbocycles. The second-order valence-corrected chi connectivity index (χ2v) is 4.02. The van der Waals surface area contributed by atoms with Gasteiger partial charge in [0.15, 0.2) is 11.4 Å². The van der Waals surface area contributed by atoms with Crippen LogP contribution in [-0.2, 0) is 0 Å². The maximum atomic E-state index is 12.4. The number of hydrogen-bond donors (Lipinski definition) is 0. The van der Waals surface area contributed by atoms with E-state index in [0.29, 0.717) is 11.4 Å². The van der Waals surface area contributed by atoms with Crippen molar-refractivity contribution in [3.8, 4) is 5.75 Å². The molecule has 94 valence electrons. The summed E-state index contributed by atoms with van der Waals surface area (Å²) in [5.74, 6) is 0.200. The van der Waals surface area contributed by atoms with E-state index in [1.807, 2.05) is 13.8 Å². The molecule has 0 N–H and O–H groups in total. The second-order valence-electron chi connectivity index (χ2n) is 4.02. The topological polar surface area (TPSA) is 69.9 Å². The molecule has 0 fully saturated rings. The standard InChI is InChI=1S/C12H14N4O2/c1-8(2)16-11(10(18-3)7-15-16)12(17)9-6-13-4-5-14-9/h4-8H,1-3H3. The van der Waals surface area contributed by atoms with Crippen molar-refractivity contribution in [1.82, 2.24) is 19.7 Å². The minimum Gasteiger partial charge on any atom is -0.493 e. The van der Waals surface area contributed by atoms with E-state index in [-0.39, 0.29) is 17.5 Å². The Bertz CT molecular complexity index is 548. The minimum absolute atomic E-state index is 0.0597. The Kier molecular flexibility index (Phi) is 3.36. The zero-order chi connectivity index (χ0) is 13.1. The van der Waals surface area contributed by atoms with Crippen LogP contribution < -0.4 is 4.74 Å². The van der Waals surface area contributed by atoms with Gasteiger partial charge in [0.05, 0.1) is 19.5 Å². The van der Waals surface area contributed by atoms with Crippen molar-refractivity contribution in [2.24, 2.45) is 0 Å². The third kappa shape index (κ3) is 2.09. The van der Waals surface area contributed by atoms with E-state index in [9.17, 15) is 4.79 Å². The molecule has 2 aromatic heterocycles. The summed E-state index contributed by atoms with van der Waals surface area (Å²) in [6.07, 6.45) is 5.96. The van der Waals surface area contributed by atoms with Gasteiger partial charge in [-0.1, -0.05) is 0 Å². The zero-order valence-electron chi connectivity index (χ0n) is 10.5. The molecule has 0 aliphatic rings. The summed E-state index contributed by atoms with van der Waals surface area (Å²) >= 11 is 0. The van der Waals surface area contributed by atoms with Gasteiger partial charge in [0.25, 0.3) is 0 Å². The average molecular weight is 246 g/mol. The Balaban J connectivity index is 2.50. The molecule has 0 atom stereocenters. The lowest BCUT2D eigenvalue weighted by Crippen LogP contribution is -2.15. The third-order valence-corrected chi connectivity index (χ3v) is 2.48. The van der Waals surface area contributed by atoms with Crippen molar-refractivity contribution in [3.63, 3.8) is 0 Å².